The van der Waals surface area contributed by atoms with E-state index < -0.39 is 0 Å². The zero-order valence-electron chi connectivity index (χ0n) is 12.0. The second-order valence-corrected chi connectivity index (χ2v) is 1.34. The molecule has 0 aliphatic rings. The summed E-state index contributed by atoms with van der Waals surface area (Å²) in [4.78, 5) is 0. The summed E-state index contributed by atoms with van der Waals surface area (Å²) < 4.78 is 0. The summed E-state index contributed by atoms with van der Waals surface area (Å²) in [5, 5.41) is 43.9. The molecule has 0 amide bonds. The summed E-state index contributed by atoms with van der Waals surface area (Å²) in [6.07, 6.45) is 0. The van der Waals surface area contributed by atoms with Gasteiger partial charge in [0.25, 0.3) is 0 Å². The topological polar surface area (TPSA) is 143 Å². The van der Waals surface area contributed by atoms with Gasteiger partial charge in [0.1, 0.15) is 0 Å². The molecule has 0 aromatic heterocycles. The fraction of sp³-hybridized carbons (Fsp3) is 0.500. The predicted molar refractivity (Wildman–Crippen MR) is 67.7 cm³/mol. The van der Waals surface area contributed by atoms with Gasteiger partial charge in [0.15, 0.2) is 0 Å². The van der Waals surface area contributed by atoms with E-state index in [1.165, 1.54) is 41.5 Å². The van der Waals surface area contributed by atoms with Gasteiger partial charge in [-0.2, -0.15) is 31.6 Å². The van der Waals surface area contributed by atoms with Crippen molar-refractivity contribution in [3.63, 3.8) is 0 Å². The van der Waals surface area contributed by atoms with Gasteiger partial charge in [-0.15, -0.1) is 0 Å². The fourth-order valence-corrected chi connectivity index (χ4v) is 0. The standard InChI is InChI=1S/6C2H3N.Ni/c6*1-2-3;/h6*1H3;/q;;;;;;+2. The molecule has 104 valence electrons. The second-order valence-electron chi connectivity index (χ2n) is 1.34. The monoisotopic (exact) mass is 304 g/mol. The van der Waals surface area contributed by atoms with E-state index in [2.05, 4.69) is 0 Å². The molecule has 0 fully saturated rings. The van der Waals surface area contributed by atoms with E-state index in [0.717, 1.165) is 0 Å². The van der Waals surface area contributed by atoms with Crippen molar-refractivity contribution in [1.29, 1.82) is 31.6 Å². The molecular formula is C12H18N6Ni+2. The quantitative estimate of drug-likeness (QED) is 0.628. The van der Waals surface area contributed by atoms with Crippen molar-refractivity contribution in [2.24, 2.45) is 0 Å². The van der Waals surface area contributed by atoms with Gasteiger partial charge >= 0.3 is 16.5 Å². The van der Waals surface area contributed by atoms with Crippen LogP contribution in [0.15, 0.2) is 0 Å². The molecule has 0 N–H and O–H groups in total. The van der Waals surface area contributed by atoms with Gasteiger partial charge in [0.05, 0.1) is 36.4 Å². The van der Waals surface area contributed by atoms with Crippen LogP contribution in [0, 0.1) is 68.0 Å². The molecule has 0 aliphatic carbocycles. The minimum atomic E-state index is 0. The van der Waals surface area contributed by atoms with Gasteiger partial charge in [0.2, 0.25) is 0 Å². The van der Waals surface area contributed by atoms with Crippen molar-refractivity contribution in [2.75, 3.05) is 0 Å². The SMILES string of the molecule is CC#N.CC#N.CC#N.CC#N.CC#N.CC#N.[Ni+2]. The molecule has 0 spiro atoms. The number of nitrogens with zero attached hydrogens (tertiary/aromatic N) is 6. The van der Waals surface area contributed by atoms with Crippen LogP contribution < -0.4 is 0 Å². The maximum absolute atomic E-state index is 7.32. The van der Waals surface area contributed by atoms with Crippen molar-refractivity contribution in [3.05, 3.63) is 0 Å². The molecule has 0 rings (SSSR count). The molecular weight excluding hydrogens is 287 g/mol. The first-order valence-corrected chi connectivity index (χ1v) is 4.34. The smallest absolute Gasteiger partial charge is 0.199 e. The number of hydrogen-bond donors (Lipinski definition) is 0. The summed E-state index contributed by atoms with van der Waals surface area (Å²) in [6, 6.07) is 10.5. The normalized spacial score (nSPS) is 2.53. The predicted octanol–water partition coefficient (Wildman–Crippen LogP) is 3.18. The molecule has 0 saturated carbocycles. The van der Waals surface area contributed by atoms with Crippen LogP contribution in [-0.4, -0.2) is 0 Å². The van der Waals surface area contributed by atoms with Gasteiger partial charge in [-0.1, -0.05) is 0 Å². The Morgan fingerprint density at radius 2 is 0.368 bits per heavy atom. The first-order chi connectivity index (χ1) is 8.49. The summed E-state index contributed by atoms with van der Waals surface area (Å²) in [6.45, 7) is 8.58. The minimum absolute atomic E-state index is 0. The number of hydrogen-bond acceptors (Lipinski definition) is 6. The van der Waals surface area contributed by atoms with Crippen molar-refractivity contribution >= 4 is 0 Å². The second kappa shape index (κ2) is 273. The molecule has 0 radical (unpaired) electrons. The molecule has 0 aromatic carbocycles. The van der Waals surface area contributed by atoms with Gasteiger partial charge in [-0.05, 0) is 0 Å². The molecule has 0 aliphatic heterocycles. The van der Waals surface area contributed by atoms with Crippen molar-refractivity contribution in [3.8, 4) is 36.4 Å². The van der Waals surface area contributed by atoms with Crippen LogP contribution in [0.5, 0.6) is 0 Å². The summed E-state index contributed by atoms with van der Waals surface area (Å²) in [5.74, 6) is 0. The summed E-state index contributed by atoms with van der Waals surface area (Å²) in [5.41, 5.74) is 0. The molecule has 0 heterocycles. The average Bonchev–Trinajstić information content (AvgIpc) is 2.23. The Morgan fingerprint density at radius 3 is 0.368 bits per heavy atom. The van der Waals surface area contributed by atoms with Gasteiger partial charge in [-0.25, -0.2) is 0 Å². The van der Waals surface area contributed by atoms with E-state index in [0.29, 0.717) is 0 Å². The van der Waals surface area contributed by atoms with E-state index in [4.69, 9.17) is 31.6 Å². The van der Waals surface area contributed by atoms with Gasteiger partial charge < -0.3 is 0 Å². The largest absolute Gasteiger partial charge is 2.00 e. The molecule has 0 unspecified atom stereocenters. The molecule has 0 saturated heterocycles. The maximum atomic E-state index is 7.32. The van der Waals surface area contributed by atoms with Crippen LogP contribution in [0.2, 0.25) is 0 Å². The average molecular weight is 305 g/mol. The Balaban J connectivity index is -0.0000000180. The Bertz CT molecular complexity index is 244. The third kappa shape index (κ3) is 423. The van der Waals surface area contributed by atoms with Crippen molar-refractivity contribution < 1.29 is 16.5 Å². The van der Waals surface area contributed by atoms with Crippen LogP contribution in [0.3, 0.4) is 0 Å². The summed E-state index contributed by atoms with van der Waals surface area (Å²) >= 11 is 0. The molecule has 7 heteroatoms. The number of nitriles is 6. The molecule has 0 atom stereocenters. The third-order valence-electron chi connectivity index (χ3n) is 0. The zero-order valence-corrected chi connectivity index (χ0v) is 13.0. The van der Waals surface area contributed by atoms with Gasteiger partial charge in [0, 0.05) is 41.5 Å². The van der Waals surface area contributed by atoms with E-state index >= 15 is 0 Å². The van der Waals surface area contributed by atoms with Crippen LogP contribution in [-0.2, 0) is 16.5 Å². The zero-order chi connectivity index (χ0) is 16.2. The van der Waals surface area contributed by atoms with Gasteiger partial charge in [-0.3, -0.25) is 0 Å². The van der Waals surface area contributed by atoms with Crippen molar-refractivity contribution in [2.45, 2.75) is 41.5 Å². The molecule has 19 heavy (non-hydrogen) atoms. The maximum Gasteiger partial charge on any atom is 2.00 e. The Hall–Kier alpha value is -2.57. The van der Waals surface area contributed by atoms with E-state index in [-0.39, 0.29) is 16.5 Å². The molecule has 0 aromatic rings. The third-order valence-corrected chi connectivity index (χ3v) is 0. The number of rotatable bonds is 0. The molecule has 6 nitrogen and oxygen atoms in total. The molecule has 0 bridgehead atoms. The first-order valence-electron chi connectivity index (χ1n) is 4.34. The van der Waals surface area contributed by atoms with Crippen LogP contribution >= 0.6 is 0 Å². The van der Waals surface area contributed by atoms with E-state index in [9.17, 15) is 0 Å². The Kier molecular flexibility index (Phi) is 631. The van der Waals surface area contributed by atoms with E-state index in [1.807, 2.05) is 0 Å². The van der Waals surface area contributed by atoms with Crippen LogP contribution in [0.4, 0.5) is 0 Å². The van der Waals surface area contributed by atoms with E-state index in [1.54, 1.807) is 36.4 Å². The minimum Gasteiger partial charge on any atom is -0.199 e. The first kappa shape index (κ1) is 44.0. The summed E-state index contributed by atoms with van der Waals surface area (Å²) in [7, 11) is 0. The van der Waals surface area contributed by atoms with Crippen LogP contribution in [0.25, 0.3) is 0 Å². The van der Waals surface area contributed by atoms with Crippen molar-refractivity contribution in [1.82, 2.24) is 0 Å². The Labute approximate surface area is 126 Å². The van der Waals surface area contributed by atoms with Crippen LogP contribution in [0.1, 0.15) is 41.5 Å². The fourth-order valence-electron chi connectivity index (χ4n) is 0. The Morgan fingerprint density at radius 1 is 0.368 bits per heavy atom.